The van der Waals surface area contributed by atoms with E-state index in [-0.39, 0.29) is 12.1 Å². The minimum atomic E-state index is 0.0572. The molecular formula is C10H11BrN2O. The van der Waals surface area contributed by atoms with E-state index in [1.807, 2.05) is 12.1 Å². The van der Waals surface area contributed by atoms with E-state index in [1.165, 1.54) is 5.56 Å². The molecule has 3 nitrogen and oxygen atoms in total. The molecule has 0 bridgehead atoms. The second kappa shape index (κ2) is 3.61. The summed E-state index contributed by atoms with van der Waals surface area (Å²) in [7, 11) is 0. The fraction of sp³-hybridized carbons (Fsp3) is 0.300. The van der Waals surface area contributed by atoms with Gasteiger partial charge in [-0.05, 0) is 24.1 Å². The van der Waals surface area contributed by atoms with E-state index in [0.717, 1.165) is 10.0 Å². The first-order chi connectivity index (χ1) is 6.66. The number of ether oxygens (including phenoxy) is 1. The first-order valence-corrected chi connectivity index (χ1v) is 5.18. The van der Waals surface area contributed by atoms with Crippen LogP contribution in [0.4, 0.5) is 0 Å². The molecule has 2 rings (SSSR count). The first kappa shape index (κ1) is 9.52. The lowest BCUT2D eigenvalue weighted by Gasteiger charge is -2.07. The first-order valence-electron chi connectivity index (χ1n) is 4.39. The zero-order valence-electron chi connectivity index (χ0n) is 7.83. The molecule has 1 atom stereocenters. The largest absolute Gasteiger partial charge is 0.463 e. The molecule has 1 unspecified atom stereocenters. The number of amidine groups is 1. The van der Waals surface area contributed by atoms with Crippen LogP contribution in [0.5, 0.6) is 0 Å². The molecule has 0 radical (unpaired) electrons. The van der Waals surface area contributed by atoms with Crippen molar-refractivity contribution in [2.45, 2.75) is 13.0 Å². The van der Waals surface area contributed by atoms with E-state index in [4.69, 9.17) is 10.5 Å². The number of rotatable bonds is 1. The van der Waals surface area contributed by atoms with Crippen LogP contribution in [0.3, 0.4) is 0 Å². The van der Waals surface area contributed by atoms with Gasteiger partial charge in [-0.15, -0.1) is 0 Å². The molecule has 1 aliphatic rings. The van der Waals surface area contributed by atoms with Gasteiger partial charge in [0, 0.05) is 4.47 Å². The second-order valence-corrected chi connectivity index (χ2v) is 4.16. The molecule has 0 spiro atoms. The van der Waals surface area contributed by atoms with Crippen LogP contribution in [0.1, 0.15) is 17.2 Å². The predicted octanol–water partition coefficient (Wildman–Crippen LogP) is 2.14. The summed E-state index contributed by atoms with van der Waals surface area (Å²) in [6.45, 7) is 2.60. The molecule has 1 aliphatic heterocycles. The van der Waals surface area contributed by atoms with E-state index in [2.05, 4.69) is 33.9 Å². The maximum atomic E-state index is 5.45. The Morgan fingerprint density at radius 1 is 1.57 bits per heavy atom. The maximum Gasteiger partial charge on any atom is 0.282 e. The number of hydrogen-bond donors (Lipinski definition) is 1. The van der Waals surface area contributed by atoms with Gasteiger partial charge in [-0.1, -0.05) is 28.1 Å². The van der Waals surface area contributed by atoms with Crippen LogP contribution in [0.2, 0.25) is 0 Å². The molecule has 0 saturated carbocycles. The lowest BCUT2D eigenvalue weighted by molar-refractivity contribution is 0.315. The number of nitrogens with two attached hydrogens (primary N) is 1. The third-order valence-corrected chi connectivity index (χ3v) is 3.13. The summed E-state index contributed by atoms with van der Waals surface area (Å²) in [6.07, 6.45) is 0. The van der Waals surface area contributed by atoms with Crippen molar-refractivity contribution < 1.29 is 4.74 Å². The standard InChI is InChI=1S/C10H11BrN2O/c1-6-4-7(2-3-8(6)11)9-5-14-10(12)13-9/h2-4,9H,5H2,1H3,(H2,12,13). The Hall–Kier alpha value is -1.03. The summed E-state index contributed by atoms with van der Waals surface area (Å²) in [5.74, 6) is 0. The van der Waals surface area contributed by atoms with Crippen molar-refractivity contribution in [3.63, 3.8) is 0 Å². The van der Waals surface area contributed by atoms with Crippen molar-refractivity contribution in [2.75, 3.05) is 6.61 Å². The molecule has 0 aromatic heterocycles. The average Bonchev–Trinajstić information content (AvgIpc) is 2.57. The highest BCUT2D eigenvalue weighted by Crippen LogP contribution is 2.25. The Morgan fingerprint density at radius 3 is 2.93 bits per heavy atom. The molecular weight excluding hydrogens is 244 g/mol. The molecule has 0 amide bonds. The Morgan fingerprint density at radius 2 is 2.36 bits per heavy atom. The van der Waals surface area contributed by atoms with E-state index in [9.17, 15) is 0 Å². The van der Waals surface area contributed by atoms with Gasteiger partial charge in [0.2, 0.25) is 0 Å². The topological polar surface area (TPSA) is 47.6 Å². The van der Waals surface area contributed by atoms with Gasteiger partial charge in [0.05, 0.1) is 0 Å². The van der Waals surface area contributed by atoms with Crippen LogP contribution in [0, 0.1) is 6.92 Å². The van der Waals surface area contributed by atoms with Gasteiger partial charge in [-0.2, -0.15) is 0 Å². The summed E-state index contributed by atoms with van der Waals surface area (Å²) in [6, 6.07) is 6.50. The number of aliphatic imine (C=N–C) groups is 1. The van der Waals surface area contributed by atoms with E-state index >= 15 is 0 Å². The van der Waals surface area contributed by atoms with Crippen molar-refractivity contribution in [1.29, 1.82) is 0 Å². The molecule has 4 heteroatoms. The van der Waals surface area contributed by atoms with Gasteiger partial charge in [0.1, 0.15) is 12.6 Å². The van der Waals surface area contributed by atoms with Crippen LogP contribution >= 0.6 is 15.9 Å². The molecule has 0 saturated heterocycles. The smallest absolute Gasteiger partial charge is 0.282 e. The summed E-state index contributed by atoms with van der Waals surface area (Å²) in [4.78, 5) is 4.19. The van der Waals surface area contributed by atoms with Crippen molar-refractivity contribution in [2.24, 2.45) is 10.7 Å². The van der Waals surface area contributed by atoms with Crippen LogP contribution in [0.25, 0.3) is 0 Å². The minimum Gasteiger partial charge on any atom is -0.463 e. The highest BCUT2D eigenvalue weighted by Gasteiger charge is 2.18. The fourth-order valence-corrected chi connectivity index (χ4v) is 1.68. The fourth-order valence-electron chi connectivity index (χ4n) is 1.44. The monoisotopic (exact) mass is 254 g/mol. The van der Waals surface area contributed by atoms with Gasteiger partial charge in [-0.3, -0.25) is 0 Å². The second-order valence-electron chi connectivity index (χ2n) is 3.30. The van der Waals surface area contributed by atoms with Gasteiger partial charge in [0.25, 0.3) is 6.02 Å². The Kier molecular flexibility index (Phi) is 2.46. The highest BCUT2D eigenvalue weighted by atomic mass is 79.9. The van der Waals surface area contributed by atoms with E-state index in [0.29, 0.717) is 6.61 Å². The van der Waals surface area contributed by atoms with Crippen molar-refractivity contribution in [3.8, 4) is 0 Å². The number of benzene rings is 1. The van der Waals surface area contributed by atoms with Gasteiger partial charge in [-0.25, -0.2) is 4.99 Å². The van der Waals surface area contributed by atoms with E-state index in [1.54, 1.807) is 0 Å². The van der Waals surface area contributed by atoms with Gasteiger partial charge >= 0.3 is 0 Å². The van der Waals surface area contributed by atoms with Crippen molar-refractivity contribution in [3.05, 3.63) is 33.8 Å². The summed E-state index contributed by atoms with van der Waals surface area (Å²) in [5.41, 5.74) is 7.79. The third-order valence-electron chi connectivity index (χ3n) is 2.24. The summed E-state index contributed by atoms with van der Waals surface area (Å²) < 4.78 is 6.21. The van der Waals surface area contributed by atoms with Gasteiger partial charge < -0.3 is 10.5 Å². The molecule has 74 valence electrons. The lowest BCUT2D eigenvalue weighted by Crippen LogP contribution is -2.10. The Bertz CT molecular complexity index is 390. The van der Waals surface area contributed by atoms with Crippen LogP contribution in [-0.2, 0) is 4.74 Å². The lowest BCUT2D eigenvalue weighted by atomic mass is 10.1. The predicted molar refractivity (Wildman–Crippen MR) is 59.2 cm³/mol. The summed E-state index contributed by atoms with van der Waals surface area (Å²) in [5, 5.41) is 0. The van der Waals surface area contributed by atoms with E-state index < -0.39 is 0 Å². The zero-order valence-corrected chi connectivity index (χ0v) is 9.41. The van der Waals surface area contributed by atoms with Crippen molar-refractivity contribution in [1.82, 2.24) is 0 Å². The van der Waals surface area contributed by atoms with Crippen LogP contribution in [0.15, 0.2) is 27.7 Å². The van der Waals surface area contributed by atoms with Gasteiger partial charge in [0.15, 0.2) is 0 Å². The zero-order chi connectivity index (χ0) is 10.1. The number of nitrogens with zero attached hydrogens (tertiary/aromatic N) is 1. The molecule has 1 aromatic carbocycles. The average molecular weight is 255 g/mol. The quantitative estimate of drug-likeness (QED) is 0.835. The molecule has 1 heterocycles. The maximum absolute atomic E-state index is 5.45. The third kappa shape index (κ3) is 1.75. The number of aryl methyl sites for hydroxylation is 1. The number of hydrogen-bond acceptors (Lipinski definition) is 3. The SMILES string of the molecule is Cc1cc(C2COC(N)=N2)ccc1Br. The van der Waals surface area contributed by atoms with Crippen LogP contribution in [-0.4, -0.2) is 12.6 Å². The Balaban J connectivity index is 2.29. The molecule has 0 fully saturated rings. The number of halogens is 1. The molecule has 14 heavy (non-hydrogen) atoms. The highest BCUT2D eigenvalue weighted by molar-refractivity contribution is 9.10. The molecule has 1 aromatic rings. The molecule has 0 aliphatic carbocycles. The normalized spacial score (nSPS) is 20.4. The summed E-state index contributed by atoms with van der Waals surface area (Å²) >= 11 is 3.46. The minimum absolute atomic E-state index is 0.0572. The van der Waals surface area contributed by atoms with Crippen LogP contribution < -0.4 is 5.73 Å². The Labute approximate surface area is 91.1 Å². The molecule has 2 N–H and O–H groups in total. The van der Waals surface area contributed by atoms with Crippen molar-refractivity contribution >= 4 is 22.0 Å².